The van der Waals surface area contributed by atoms with Gasteiger partial charge in [0.2, 0.25) is 0 Å². The topological polar surface area (TPSA) is 51.0 Å². The lowest BCUT2D eigenvalue weighted by molar-refractivity contribution is -0.149. The minimum atomic E-state index is -0.228. The number of benzene rings is 1. The molecule has 1 aromatic carbocycles. The summed E-state index contributed by atoms with van der Waals surface area (Å²) in [5.74, 6) is 4.21. The fourth-order valence-corrected chi connectivity index (χ4v) is 11.7. The van der Waals surface area contributed by atoms with Crippen molar-refractivity contribution in [1.29, 1.82) is 0 Å². The number of allylic oxidation sites excluding steroid dienone is 3. The van der Waals surface area contributed by atoms with Gasteiger partial charge in [0.15, 0.2) is 0 Å². The summed E-state index contributed by atoms with van der Waals surface area (Å²) in [4.78, 5) is 0. The van der Waals surface area contributed by atoms with Crippen molar-refractivity contribution in [2.45, 2.75) is 67.5 Å². The van der Waals surface area contributed by atoms with Gasteiger partial charge in [-0.1, -0.05) is 48.0 Å². The monoisotopic (exact) mass is 525 g/mol. The van der Waals surface area contributed by atoms with Gasteiger partial charge < -0.3 is 14.7 Å². The van der Waals surface area contributed by atoms with E-state index in [0.717, 1.165) is 18.4 Å². The Hall–Kier alpha value is -1.21. The fraction of sp³-hybridized carbons (Fsp3) is 0.633. The maximum absolute atomic E-state index is 9.01. The van der Waals surface area contributed by atoms with E-state index in [1.165, 1.54) is 55.4 Å². The number of nitrogens with zero attached hydrogens (tertiary/aromatic N) is 1. The second-order valence-electron chi connectivity index (χ2n) is 11.6. The lowest BCUT2D eigenvalue weighted by Crippen LogP contribution is -2.54. The van der Waals surface area contributed by atoms with Crippen LogP contribution >= 0.6 is 23.5 Å². The molecule has 1 aromatic rings. The van der Waals surface area contributed by atoms with Crippen LogP contribution in [0.25, 0.3) is 0 Å². The molecule has 194 valence electrons. The van der Waals surface area contributed by atoms with Gasteiger partial charge in [0, 0.05) is 37.1 Å². The molecule has 6 rings (SSSR count). The molecule has 0 amide bonds. The summed E-state index contributed by atoms with van der Waals surface area (Å²) in [7, 11) is 3.72. The summed E-state index contributed by atoms with van der Waals surface area (Å²) in [5, 5.41) is 12.2. The van der Waals surface area contributed by atoms with E-state index in [-0.39, 0.29) is 11.0 Å². The SMILES string of the molecule is COC[C@]1(OC)CCC2C3CCC4=CC5(CCC4=C3[C@@H](c3ccc(/C=N/O)cc3)C[C@@]21C)SCCS5. The van der Waals surface area contributed by atoms with E-state index < -0.39 is 0 Å². The van der Waals surface area contributed by atoms with Crippen LogP contribution in [0.2, 0.25) is 0 Å². The van der Waals surface area contributed by atoms with Crippen molar-refractivity contribution in [3.8, 4) is 0 Å². The summed E-state index contributed by atoms with van der Waals surface area (Å²) in [6.45, 7) is 3.16. The van der Waals surface area contributed by atoms with Crippen LogP contribution < -0.4 is 0 Å². The molecular formula is C30H39NO3S2. The smallest absolute Gasteiger partial charge is 0.0967 e. The van der Waals surface area contributed by atoms with Crippen LogP contribution in [0.15, 0.2) is 52.2 Å². The van der Waals surface area contributed by atoms with Crippen LogP contribution in [0.1, 0.15) is 68.9 Å². The number of hydrogen-bond donors (Lipinski definition) is 1. The molecule has 1 saturated heterocycles. The molecule has 2 saturated carbocycles. The molecule has 1 N–H and O–H groups in total. The van der Waals surface area contributed by atoms with Gasteiger partial charge in [-0.2, -0.15) is 0 Å². The molecule has 3 fully saturated rings. The highest BCUT2D eigenvalue weighted by Gasteiger charge is 2.64. The number of rotatable bonds is 5. The van der Waals surface area contributed by atoms with Crippen LogP contribution in [0.3, 0.4) is 0 Å². The Morgan fingerprint density at radius 1 is 1.08 bits per heavy atom. The number of thioether (sulfide) groups is 2. The Bertz CT molecular complexity index is 1090. The van der Waals surface area contributed by atoms with Gasteiger partial charge in [-0.25, -0.2) is 0 Å². The van der Waals surface area contributed by atoms with Crippen molar-refractivity contribution < 1.29 is 14.7 Å². The van der Waals surface area contributed by atoms with Crippen LogP contribution in [0.4, 0.5) is 0 Å². The molecule has 1 spiro atoms. The summed E-state index contributed by atoms with van der Waals surface area (Å²) >= 11 is 4.36. The third-order valence-corrected chi connectivity index (χ3v) is 13.7. The van der Waals surface area contributed by atoms with E-state index in [4.69, 9.17) is 14.7 Å². The Labute approximate surface area is 224 Å². The van der Waals surface area contributed by atoms with Gasteiger partial charge in [0.05, 0.1) is 22.5 Å². The molecule has 2 unspecified atom stereocenters. The maximum Gasteiger partial charge on any atom is 0.0967 e. The van der Waals surface area contributed by atoms with Gasteiger partial charge in [0.25, 0.3) is 0 Å². The molecule has 6 heteroatoms. The predicted molar refractivity (Wildman–Crippen MR) is 150 cm³/mol. The van der Waals surface area contributed by atoms with Crippen molar-refractivity contribution in [2.24, 2.45) is 22.4 Å². The zero-order valence-corrected chi connectivity index (χ0v) is 23.4. The highest BCUT2D eigenvalue weighted by Crippen LogP contribution is 2.68. The number of ether oxygens (including phenoxy) is 2. The fourth-order valence-electron chi connectivity index (χ4n) is 8.60. The lowest BCUT2D eigenvalue weighted by Gasteiger charge is -2.56. The number of hydrogen-bond acceptors (Lipinski definition) is 6. The highest BCUT2D eigenvalue weighted by atomic mass is 32.2. The Morgan fingerprint density at radius 3 is 2.56 bits per heavy atom. The van der Waals surface area contributed by atoms with Crippen molar-refractivity contribution in [3.63, 3.8) is 0 Å². The summed E-state index contributed by atoms with van der Waals surface area (Å²) < 4.78 is 12.5. The number of methoxy groups -OCH3 is 2. The van der Waals surface area contributed by atoms with Crippen LogP contribution in [0.5, 0.6) is 0 Å². The molecule has 5 atom stereocenters. The summed E-state index contributed by atoms with van der Waals surface area (Å²) in [5.41, 5.74) is 7.24. The second kappa shape index (κ2) is 9.52. The van der Waals surface area contributed by atoms with Crippen molar-refractivity contribution >= 4 is 29.7 Å². The first-order chi connectivity index (χ1) is 17.5. The Kier molecular flexibility index (Phi) is 6.63. The molecule has 5 aliphatic rings. The maximum atomic E-state index is 9.01. The number of oxime groups is 1. The van der Waals surface area contributed by atoms with Crippen molar-refractivity contribution in [3.05, 3.63) is 58.2 Å². The van der Waals surface area contributed by atoms with E-state index in [2.05, 4.69) is 65.9 Å². The van der Waals surface area contributed by atoms with Crippen LogP contribution in [-0.4, -0.2) is 53.4 Å². The molecule has 0 bridgehead atoms. The minimum Gasteiger partial charge on any atom is -0.411 e. The average Bonchev–Trinajstić information content (AvgIpc) is 3.46. The first kappa shape index (κ1) is 25.1. The van der Waals surface area contributed by atoms with Crippen molar-refractivity contribution in [1.82, 2.24) is 0 Å². The second-order valence-corrected chi connectivity index (χ2v) is 14.7. The van der Waals surface area contributed by atoms with Gasteiger partial charge in [0.1, 0.15) is 0 Å². The molecule has 36 heavy (non-hydrogen) atoms. The molecule has 4 aliphatic carbocycles. The molecule has 0 radical (unpaired) electrons. The highest BCUT2D eigenvalue weighted by molar-refractivity contribution is 8.21. The Balaban J connectivity index is 1.48. The molecule has 1 aliphatic heterocycles. The third-order valence-electron chi connectivity index (χ3n) is 10.3. The molecule has 4 nitrogen and oxygen atoms in total. The molecular weight excluding hydrogens is 486 g/mol. The van der Waals surface area contributed by atoms with Crippen LogP contribution in [0, 0.1) is 17.3 Å². The number of fused-ring (bicyclic) bond motifs is 4. The normalized spacial score (nSPS) is 37.2. The summed E-state index contributed by atoms with van der Waals surface area (Å²) in [6, 6.07) is 8.72. The minimum absolute atomic E-state index is 0.0661. The molecule has 0 aromatic heterocycles. The van der Waals surface area contributed by atoms with Gasteiger partial charge in [-0.15, -0.1) is 23.5 Å². The first-order valence-electron chi connectivity index (χ1n) is 13.5. The largest absolute Gasteiger partial charge is 0.411 e. The quantitative estimate of drug-likeness (QED) is 0.254. The lowest BCUT2D eigenvalue weighted by atomic mass is 9.51. The van der Waals surface area contributed by atoms with E-state index in [0.29, 0.717) is 28.4 Å². The summed E-state index contributed by atoms with van der Waals surface area (Å²) in [6.07, 6.45) is 12.6. The van der Waals surface area contributed by atoms with E-state index in [9.17, 15) is 0 Å². The third kappa shape index (κ3) is 3.77. The predicted octanol–water partition coefficient (Wildman–Crippen LogP) is 7.03. The van der Waals surface area contributed by atoms with Gasteiger partial charge >= 0.3 is 0 Å². The zero-order chi connectivity index (χ0) is 25.0. The van der Waals surface area contributed by atoms with Gasteiger partial charge in [-0.3, -0.25) is 0 Å². The Morgan fingerprint density at radius 2 is 1.86 bits per heavy atom. The first-order valence-corrected chi connectivity index (χ1v) is 15.5. The van der Waals surface area contributed by atoms with E-state index in [1.807, 2.05) is 14.2 Å². The van der Waals surface area contributed by atoms with Crippen molar-refractivity contribution in [2.75, 3.05) is 32.3 Å². The van der Waals surface area contributed by atoms with Gasteiger partial charge in [-0.05, 0) is 79.1 Å². The molecule has 1 heterocycles. The van der Waals surface area contributed by atoms with E-state index in [1.54, 1.807) is 16.7 Å². The average molecular weight is 526 g/mol. The van der Waals surface area contributed by atoms with Crippen LogP contribution in [-0.2, 0) is 9.47 Å². The standard InChI is InChI=1S/C30H39NO3S2/c1-28-17-25(21-6-4-20(5-7-21)18-31-32)27-23-10-13-30(35-14-15-36-30)16-22(23)8-9-24(27)26(28)11-12-29(28,34-3)19-33-2/h4-7,16,18,24-26,32H,8-15,17,19H2,1-3H3/b31-18+/t24?,25-,26?,28+,29-/m1/s1. The van der Waals surface area contributed by atoms with E-state index >= 15 is 0 Å². The zero-order valence-electron chi connectivity index (χ0n) is 21.8.